The molecule has 3 nitrogen and oxygen atoms in total. The number of carbonyl (C=O) groups is 1. The highest BCUT2D eigenvalue weighted by Gasteiger charge is 2.36. The number of nitrogens with two attached hydrogens (primary N) is 1. The predicted molar refractivity (Wildman–Crippen MR) is 85.2 cm³/mol. The van der Waals surface area contributed by atoms with E-state index in [0.717, 1.165) is 16.8 Å². The van der Waals surface area contributed by atoms with Gasteiger partial charge in [-0.1, -0.05) is 48.0 Å². The fraction of sp³-hybridized carbons (Fsp3) is 0.278. The van der Waals surface area contributed by atoms with Gasteiger partial charge >= 0.3 is 0 Å². The molecule has 1 aliphatic heterocycles. The number of carbonyl (C=O) groups excluding carboxylic acids is 1. The second-order valence-electron chi connectivity index (χ2n) is 5.60. The Bertz CT molecular complexity index is 652. The van der Waals surface area contributed by atoms with Crippen molar-refractivity contribution < 1.29 is 4.79 Å². The minimum absolute atomic E-state index is 0.0892. The number of anilines is 1. The van der Waals surface area contributed by atoms with Gasteiger partial charge in [-0.3, -0.25) is 4.79 Å². The predicted octanol–water partition coefficient (Wildman–Crippen LogP) is 2.97. The lowest BCUT2D eigenvalue weighted by molar-refractivity contribution is -0.119. The number of amides is 1. The first-order chi connectivity index (χ1) is 10.2. The van der Waals surface area contributed by atoms with Crippen LogP contribution in [0, 0.1) is 6.92 Å². The van der Waals surface area contributed by atoms with Crippen molar-refractivity contribution in [1.82, 2.24) is 0 Å². The molecule has 0 aromatic heterocycles. The van der Waals surface area contributed by atoms with Crippen LogP contribution in [0.2, 0.25) is 0 Å². The van der Waals surface area contributed by atoms with Gasteiger partial charge in [0, 0.05) is 5.69 Å². The van der Waals surface area contributed by atoms with E-state index in [1.807, 2.05) is 23.1 Å². The zero-order valence-corrected chi connectivity index (χ0v) is 12.3. The molecule has 1 heterocycles. The SMILES string of the molecule is Cc1ccc2c(c1)[C@H](CCN)C(=O)N2Cc1ccccc1. The molecular weight excluding hydrogens is 260 g/mol. The second-order valence-corrected chi connectivity index (χ2v) is 5.60. The molecule has 1 atom stereocenters. The van der Waals surface area contributed by atoms with Gasteiger partial charge in [0.05, 0.1) is 12.5 Å². The van der Waals surface area contributed by atoms with Crippen LogP contribution in [0.15, 0.2) is 48.5 Å². The molecule has 1 amide bonds. The van der Waals surface area contributed by atoms with Gasteiger partial charge in [0.25, 0.3) is 0 Å². The molecular formula is C18H20N2O. The van der Waals surface area contributed by atoms with Crippen LogP contribution in [0.1, 0.15) is 29.0 Å². The molecule has 0 unspecified atom stereocenters. The van der Waals surface area contributed by atoms with Crippen molar-refractivity contribution >= 4 is 11.6 Å². The summed E-state index contributed by atoms with van der Waals surface area (Å²) in [5.41, 5.74) is 10.2. The highest BCUT2D eigenvalue weighted by atomic mass is 16.2. The molecule has 0 spiro atoms. The van der Waals surface area contributed by atoms with Crippen molar-refractivity contribution in [3.8, 4) is 0 Å². The van der Waals surface area contributed by atoms with Crippen molar-refractivity contribution in [3.63, 3.8) is 0 Å². The van der Waals surface area contributed by atoms with Gasteiger partial charge < -0.3 is 10.6 Å². The van der Waals surface area contributed by atoms with E-state index >= 15 is 0 Å². The second kappa shape index (κ2) is 5.70. The summed E-state index contributed by atoms with van der Waals surface area (Å²) in [5.74, 6) is 0.0820. The first kappa shape index (κ1) is 13.8. The van der Waals surface area contributed by atoms with Gasteiger partial charge in [-0.05, 0) is 37.1 Å². The maximum Gasteiger partial charge on any atom is 0.234 e. The van der Waals surface area contributed by atoms with E-state index in [-0.39, 0.29) is 11.8 Å². The molecule has 0 radical (unpaired) electrons. The summed E-state index contributed by atoms with van der Waals surface area (Å²) in [5, 5.41) is 0. The minimum Gasteiger partial charge on any atom is -0.330 e. The third-order valence-corrected chi connectivity index (χ3v) is 4.05. The molecule has 3 rings (SSSR count). The lowest BCUT2D eigenvalue weighted by Crippen LogP contribution is -2.29. The Morgan fingerprint density at radius 2 is 1.90 bits per heavy atom. The first-order valence-corrected chi connectivity index (χ1v) is 7.36. The molecule has 108 valence electrons. The van der Waals surface area contributed by atoms with Gasteiger partial charge in [-0.15, -0.1) is 0 Å². The number of rotatable bonds is 4. The van der Waals surface area contributed by atoms with E-state index in [4.69, 9.17) is 5.73 Å². The average Bonchev–Trinajstić information content (AvgIpc) is 2.74. The highest BCUT2D eigenvalue weighted by Crippen LogP contribution is 2.40. The molecule has 3 heteroatoms. The lowest BCUT2D eigenvalue weighted by atomic mass is 9.96. The van der Waals surface area contributed by atoms with E-state index in [0.29, 0.717) is 19.5 Å². The van der Waals surface area contributed by atoms with Gasteiger partial charge in [-0.25, -0.2) is 0 Å². The van der Waals surface area contributed by atoms with Crippen molar-refractivity contribution in [2.75, 3.05) is 11.4 Å². The number of fused-ring (bicyclic) bond motifs is 1. The largest absolute Gasteiger partial charge is 0.330 e. The Kier molecular flexibility index (Phi) is 3.76. The third kappa shape index (κ3) is 2.57. The Morgan fingerprint density at radius 3 is 2.62 bits per heavy atom. The van der Waals surface area contributed by atoms with Crippen LogP contribution >= 0.6 is 0 Å². The van der Waals surface area contributed by atoms with Gasteiger partial charge in [0.1, 0.15) is 0 Å². The summed E-state index contributed by atoms with van der Waals surface area (Å²) in [6, 6.07) is 16.3. The van der Waals surface area contributed by atoms with Crippen LogP contribution in [0.4, 0.5) is 5.69 Å². The molecule has 0 fully saturated rings. The van der Waals surface area contributed by atoms with Crippen LogP contribution in [0.25, 0.3) is 0 Å². The first-order valence-electron chi connectivity index (χ1n) is 7.36. The van der Waals surface area contributed by atoms with Crippen LogP contribution in [0.5, 0.6) is 0 Å². The van der Waals surface area contributed by atoms with E-state index < -0.39 is 0 Å². The van der Waals surface area contributed by atoms with Crippen LogP contribution in [-0.4, -0.2) is 12.5 Å². The average molecular weight is 280 g/mol. The van der Waals surface area contributed by atoms with Crippen molar-refractivity contribution in [3.05, 3.63) is 65.2 Å². The topological polar surface area (TPSA) is 46.3 Å². The molecule has 2 aromatic rings. The number of hydrogen-bond donors (Lipinski definition) is 1. The summed E-state index contributed by atoms with van der Waals surface area (Å²) >= 11 is 0. The maximum atomic E-state index is 12.7. The third-order valence-electron chi connectivity index (χ3n) is 4.05. The zero-order chi connectivity index (χ0) is 14.8. The van der Waals surface area contributed by atoms with E-state index in [1.54, 1.807) is 0 Å². The summed E-state index contributed by atoms with van der Waals surface area (Å²) in [6.07, 6.45) is 0.709. The Morgan fingerprint density at radius 1 is 1.14 bits per heavy atom. The van der Waals surface area contributed by atoms with Gasteiger partial charge in [0.2, 0.25) is 5.91 Å². The number of hydrogen-bond acceptors (Lipinski definition) is 2. The van der Waals surface area contributed by atoms with E-state index in [1.165, 1.54) is 5.56 Å². The Labute approximate surface area is 125 Å². The quantitative estimate of drug-likeness (QED) is 0.936. The molecule has 2 aromatic carbocycles. The van der Waals surface area contributed by atoms with Crippen LogP contribution in [0.3, 0.4) is 0 Å². The number of nitrogens with zero attached hydrogens (tertiary/aromatic N) is 1. The normalized spacial score (nSPS) is 17.1. The highest BCUT2D eigenvalue weighted by molar-refractivity contribution is 6.04. The summed E-state index contributed by atoms with van der Waals surface area (Å²) in [4.78, 5) is 14.6. The van der Waals surface area contributed by atoms with Crippen molar-refractivity contribution in [2.24, 2.45) is 5.73 Å². The van der Waals surface area contributed by atoms with Gasteiger partial charge in [-0.2, -0.15) is 0 Å². The molecule has 0 aliphatic carbocycles. The van der Waals surface area contributed by atoms with E-state index in [2.05, 4.69) is 37.3 Å². The molecule has 21 heavy (non-hydrogen) atoms. The Hall–Kier alpha value is -2.13. The number of benzene rings is 2. The molecule has 1 aliphatic rings. The van der Waals surface area contributed by atoms with Crippen molar-refractivity contribution in [1.29, 1.82) is 0 Å². The molecule has 0 bridgehead atoms. The standard InChI is InChI=1S/C18H20N2O/c1-13-7-8-17-16(11-13)15(9-10-19)18(21)20(17)12-14-5-3-2-4-6-14/h2-8,11,15H,9-10,12,19H2,1H3/t15-/m0/s1. The lowest BCUT2D eigenvalue weighted by Gasteiger charge is -2.18. The molecule has 0 saturated heterocycles. The van der Waals surface area contributed by atoms with E-state index in [9.17, 15) is 4.79 Å². The maximum absolute atomic E-state index is 12.7. The summed E-state index contributed by atoms with van der Waals surface area (Å²) in [6.45, 7) is 3.21. The van der Waals surface area contributed by atoms with Crippen molar-refractivity contribution in [2.45, 2.75) is 25.8 Å². The van der Waals surface area contributed by atoms with Crippen LogP contribution in [-0.2, 0) is 11.3 Å². The monoisotopic (exact) mass is 280 g/mol. The number of aryl methyl sites for hydroxylation is 1. The zero-order valence-electron chi connectivity index (χ0n) is 12.3. The smallest absolute Gasteiger partial charge is 0.234 e. The Balaban J connectivity index is 1.97. The summed E-state index contributed by atoms with van der Waals surface area (Å²) < 4.78 is 0. The van der Waals surface area contributed by atoms with Gasteiger partial charge in [0.15, 0.2) is 0 Å². The molecule has 2 N–H and O–H groups in total. The fourth-order valence-electron chi connectivity index (χ4n) is 3.01. The van der Waals surface area contributed by atoms with Crippen LogP contribution < -0.4 is 10.6 Å². The summed E-state index contributed by atoms with van der Waals surface area (Å²) in [7, 11) is 0. The fourth-order valence-corrected chi connectivity index (χ4v) is 3.01. The minimum atomic E-state index is -0.0892. The molecule has 0 saturated carbocycles.